The van der Waals surface area contributed by atoms with Crippen LogP contribution in [0, 0.1) is 0 Å². The second-order valence-electron chi connectivity index (χ2n) is 5.05. The summed E-state index contributed by atoms with van der Waals surface area (Å²) in [5.41, 5.74) is 9.75. The molecule has 0 aliphatic rings. The number of nitrogens with two attached hydrogens (primary N) is 1. The van der Waals surface area contributed by atoms with Gasteiger partial charge in [0.15, 0.2) is 11.7 Å². The highest BCUT2D eigenvalue weighted by Crippen LogP contribution is 2.22. The molecule has 2 heterocycles. The van der Waals surface area contributed by atoms with E-state index in [1.807, 2.05) is 48.0 Å². The molecule has 0 aliphatic heterocycles. The van der Waals surface area contributed by atoms with Gasteiger partial charge in [0.05, 0.1) is 17.6 Å². The smallest absolute Gasteiger partial charge is 0.180 e. The quantitative estimate of drug-likeness (QED) is 0.559. The van der Waals surface area contributed by atoms with Gasteiger partial charge in [0.1, 0.15) is 0 Å². The number of benzene rings is 1. The van der Waals surface area contributed by atoms with Crippen molar-refractivity contribution in [2.75, 3.05) is 12.4 Å². The van der Waals surface area contributed by atoms with Crippen molar-refractivity contribution < 1.29 is 0 Å². The number of nitrogens with zero attached hydrogens (tertiary/aromatic N) is 4. The average Bonchev–Trinajstić information content (AvgIpc) is 3.06. The van der Waals surface area contributed by atoms with Crippen LogP contribution in [0.4, 0.5) is 11.4 Å². The highest BCUT2D eigenvalue weighted by atomic mass is 15.1. The van der Waals surface area contributed by atoms with E-state index >= 15 is 0 Å². The minimum atomic E-state index is 0.323. The van der Waals surface area contributed by atoms with Crippen molar-refractivity contribution in [3.63, 3.8) is 0 Å². The van der Waals surface area contributed by atoms with Gasteiger partial charge in [0, 0.05) is 36.9 Å². The van der Waals surface area contributed by atoms with Gasteiger partial charge in [-0.1, -0.05) is 12.6 Å². The fraction of sp³-hybridized carbons (Fsp3) is 0.0556. The molecule has 6 nitrogen and oxygen atoms in total. The molecule has 0 spiro atoms. The molecular formula is C18H18N6. The summed E-state index contributed by atoms with van der Waals surface area (Å²) in [5, 5.41) is 3.08. The molecule has 3 N–H and O–H groups in total. The summed E-state index contributed by atoms with van der Waals surface area (Å²) in [5.74, 6) is 0.870. The number of aliphatic imine (C=N–C) groups is 1. The van der Waals surface area contributed by atoms with Crippen LogP contribution >= 0.6 is 0 Å². The van der Waals surface area contributed by atoms with E-state index in [-0.39, 0.29) is 0 Å². The van der Waals surface area contributed by atoms with Gasteiger partial charge in [-0.05, 0) is 30.3 Å². The number of hydrogen-bond donors (Lipinski definition) is 2. The molecule has 120 valence electrons. The molecule has 3 aromatic rings. The number of nitrogens with one attached hydrogen (secondary N) is 1. The molecule has 0 aliphatic carbocycles. The normalized spacial score (nSPS) is 11.3. The summed E-state index contributed by atoms with van der Waals surface area (Å²) in [6, 6.07) is 11.5. The molecule has 0 saturated carbocycles. The zero-order valence-electron chi connectivity index (χ0n) is 13.3. The first kappa shape index (κ1) is 15.5. The Morgan fingerprint density at radius 1 is 1.29 bits per heavy atom. The van der Waals surface area contributed by atoms with Crippen molar-refractivity contribution in [3.8, 4) is 11.3 Å². The Balaban J connectivity index is 2.01. The van der Waals surface area contributed by atoms with Gasteiger partial charge in [-0.25, -0.2) is 9.98 Å². The third-order valence-electron chi connectivity index (χ3n) is 3.57. The van der Waals surface area contributed by atoms with Crippen LogP contribution in [0.15, 0.2) is 66.6 Å². The maximum atomic E-state index is 6.17. The third-order valence-corrected chi connectivity index (χ3v) is 3.57. The molecule has 0 bridgehead atoms. The molecule has 1 aromatic carbocycles. The van der Waals surface area contributed by atoms with Gasteiger partial charge in [-0.3, -0.25) is 9.55 Å². The SMILES string of the molecule is C=Cn1c(-c2ccncc2)cnc1C(N)=Nc1cccc(NC)c1. The van der Waals surface area contributed by atoms with Crippen molar-refractivity contribution in [1.29, 1.82) is 0 Å². The maximum Gasteiger partial charge on any atom is 0.180 e. The van der Waals surface area contributed by atoms with Gasteiger partial charge in [-0.2, -0.15) is 0 Å². The summed E-state index contributed by atoms with van der Waals surface area (Å²) in [6.07, 6.45) is 6.88. The molecule has 24 heavy (non-hydrogen) atoms. The zero-order chi connectivity index (χ0) is 16.9. The zero-order valence-corrected chi connectivity index (χ0v) is 13.3. The molecule has 2 aromatic heterocycles. The molecule has 0 amide bonds. The van der Waals surface area contributed by atoms with Gasteiger partial charge >= 0.3 is 0 Å². The predicted octanol–water partition coefficient (Wildman–Crippen LogP) is 3.12. The molecule has 0 fully saturated rings. The van der Waals surface area contributed by atoms with E-state index in [4.69, 9.17) is 5.73 Å². The van der Waals surface area contributed by atoms with E-state index in [0.717, 1.165) is 22.6 Å². The Bertz CT molecular complexity index is 880. The topological polar surface area (TPSA) is 81.1 Å². The van der Waals surface area contributed by atoms with Crippen LogP contribution in [0.2, 0.25) is 0 Å². The third kappa shape index (κ3) is 3.03. The standard InChI is InChI=1S/C18H18N6/c1-3-24-16(13-7-9-21-10-8-13)12-22-18(24)17(19)23-15-6-4-5-14(11-15)20-2/h3-12,20H,1H2,2H3,(H2,19,23). The lowest BCUT2D eigenvalue weighted by atomic mass is 10.2. The molecule has 6 heteroatoms. The largest absolute Gasteiger partial charge is 0.388 e. The van der Waals surface area contributed by atoms with Crippen LogP contribution in [0.25, 0.3) is 17.5 Å². The maximum absolute atomic E-state index is 6.17. The first-order chi connectivity index (χ1) is 11.7. The van der Waals surface area contributed by atoms with Crippen molar-refractivity contribution in [2.24, 2.45) is 10.7 Å². The number of pyridine rings is 1. The number of amidine groups is 1. The van der Waals surface area contributed by atoms with Gasteiger partial charge in [0.25, 0.3) is 0 Å². The Morgan fingerprint density at radius 2 is 2.08 bits per heavy atom. The van der Waals surface area contributed by atoms with Crippen LogP contribution in [-0.4, -0.2) is 27.4 Å². The molecule has 0 saturated heterocycles. The van der Waals surface area contributed by atoms with Crippen molar-refractivity contribution in [1.82, 2.24) is 14.5 Å². The Hall–Kier alpha value is -3.41. The first-order valence-corrected chi connectivity index (χ1v) is 7.45. The van der Waals surface area contributed by atoms with E-state index in [0.29, 0.717) is 11.7 Å². The Kier molecular flexibility index (Phi) is 4.38. The summed E-state index contributed by atoms with van der Waals surface area (Å²) in [4.78, 5) is 12.9. The van der Waals surface area contributed by atoms with Crippen molar-refractivity contribution in [3.05, 3.63) is 67.4 Å². The number of rotatable bonds is 5. The van der Waals surface area contributed by atoms with Crippen LogP contribution in [0.3, 0.4) is 0 Å². The molecule has 0 radical (unpaired) electrons. The molecule has 0 atom stereocenters. The fourth-order valence-corrected chi connectivity index (χ4v) is 2.39. The van der Waals surface area contributed by atoms with E-state index in [9.17, 15) is 0 Å². The van der Waals surface area contributed by atoms with Crippen LogP contribution in [0.5, 0.6) is 0 Å². The molecule has 3 rings (SSSR count). The van der Waals surface area contributed by atoms with Crippen LogP contribution < -0.4 is 11.1 Å². The number of hydrogen-bond acceptors (Lipinski definition) is 4. The fourth-order valence-electron chi connectivity index (χ4n) is 2.39. The van der Waals surface area contributed by atoms with Gasteiger partial charge in [-0.15, -0.1) is 0 Å². The lowest BCUT2D eigenvalue weighted by Gasteiger charge is -2.07. The van der Waals surface area contributed by atoms with E-state index in [1.165, 1.54) is 0 Å². The monoisotopic (exact) mass is 318 g/mol. The van der Waals surface area contributed by atoms with Crippen molar-refractivity contribution >= 4 is 23.4 Å². The number of imidazole rings is 1. The molecular weight excluding hydrogens is 300 g/mol. The predicted molar refractivity (Wildman–Crippen MR) is 98.2 cm³/mol. The highest BCUT2D eigenvalue weighted by Gasteiger charge is 2.12. The number of aromatic nitrogens is 3. The van der Waals surface area contributed by atoms with Crippen LogP contribution in [-0.2, 0) is 0 Å². The summed E-state index contributed by atoms with van der Waals surface area (Å²) >= 11 is 0. The highest BCUT2D eigenvalue weighted by molar-refractivity contribution is 5.97. The van der Waals surface area contributed by atoms with Gasteiger partial charge < -0.3 is 11.1 Å². The lowest BCUT2D eigenvalue weighted by Crippen LogP contribution is -2.18. The minimum absolute atomic E-state index is 0.323. The lowest BCUT2D eigenvalue weighted by molar-refractivity contribution is 1.10. The summed E-state index contributed by atoms with van der Waals surface area (Å²) in [7, 11) is 1.86. The Labute approximate surface area is 140 Å². The minimum Gasteiger partial charge on any atom is -0.388 e. The molecule has 0 unspecified atom stereocenters. The Morgan fingerprint density at radius 3 is 2.79 bits per heavy atom. The number of anilines is 1. The average molecular weight is 318 g/mol. The summed E-state index contributed by atoms with van der Waals surface area (Å²) < 4.78 is 1.82. The van der Waals surface area contributed by atoms with E-state index < -0.39 is 0 Å². The summed E-state index contributed by atoms with van der Waals surface area (Å²) in [6.45, 7) is 3.85. The second-order valence-corrected chi connectivity index (χ2v) is 5.05. The van der Waals surface area contributed by atoms with Gasteiger partial charge in [0.2, 0.25) is 0 Å². The van der Waals surface area contributed by atoms with E-state index in [1.54, 1.807) is 24.8 Å². The van der Waals surface area contributed by atoms with Crippen LogP contribution in [0.1, 0.15) is 5.82 Å². The van der Waals surface area contributed by atoms with E-state index in [2.05, 4.69) is 26.9 Å². The second kappa shape index (κ2) is 6.78. The first-order valence-electron chi connectivity index (χ1n) is 7.45. The van der Waals surface area contributed by atoms with Crippen molar-refractivity contribution in [2.45, 2.75) is 0 Å².